The van der Waals surface area contributed by atoms with Crippen molar-refractivity contribution in [2.45, 2.75) is 58.3 Å². The molecule has 0 aliphatic carbocycles. The Bertz CT molecular complexity index is 1230. The number of rotatable bonds is 5. The maximum Gasteiger partial charge on any atom is 0.417 e. The molecule has 0 unspecified atom stereocenters. The molecule has 0 bridgehead atoms. The first kappa shape index (κ1) is 23.9. The van der Waals surface area contributed by atoms with Gasteiger partial charge in [0.05, 0.1) is 48.2 Å². The number of ether oxygens (including phenoxy) is 1. The Kier molecular flexibility index (Phi) is 6.22. The third-order valence-corrected chi connectivity index (χ3v) is 6.23. The lowest BCUT2D eigenvalue weighted by Crippen LogP contribution is -2.44. The number of hydrogen-bond donors (Lipinski definition) is 2. The van der Waals surface area contributed by atoms with E-state index in [0.717, 1.165) is 28.8 Å². The minimum atomic E-state index is -4.50. The number of nitrogens with two attached hydrogens (primary N) is 1. The van der Waals surface area contributed by atoms with E-state index in [9.17, 15) is 23.1 Å². The molecule has 4 rings (SSSR count). The highest BCUT2D eigenvalue weighted by Gasteiger charge is 2.32. The van der Waals surface area contributed by atoms with Gasteiger partial charge < -0.3 is 20.5 Å². The van der Waals surface area contributed by atoms with Gasteiger partial charge in [-0.25, -0.2) is 4.98 Å². The summed E-state index contributed by atoms with van der Waals surface area (Å²) in [6.07, 6.45) is -4.85. The van der Waals surface area contributed by atoms with Crippen molar-refractivity contribution in [1.29, 1.82) is 0 Å². The molecular weight excluding hydrogens is 449 g/mol. The number of nitrogens with zero attached hydrogens (tertiary/aromatic N) is 3. The number of hydrogen-bond acceptors (Lipinski definition) is 6. The monoisotopic (exact) mass is 474 g/mol. The predicted octanol–water partition coefficient (Wildman–Crippen LogP) is 4.23. The first-order valence-electron chi connectivity index (χ1n) is 10.8. The van der Waals surface area contributed by atoms with E-state index in [0.29, 0.717) is 23.5 Å². The lowest BCUT2D eigenvalue weighted by Gasteiger charge is -2.31. The van der Waals surface area contributed by atoms with Gasteiger partial charge in [0.1, 0.15) is 5.82 Å². The van der Waals surface area contributed by atoms with Crippen LogP contribution >= 0.6 is 0 Å². The van der Waals surface area contributed by atoms with Gasteiger partial charge in [0.2, 0.25) is 0 Å². The summed E-state index contributed by atoms with van der Waals surface area (Å²) in [5.41, 5.74) is 8.16. The smallest absolute Gasteiger partial charge is 0.391 e. The number of carbonyl (C=O) groups excluding carboxylic acids is 1. The van der Waals surface area contributed by atoms with Crippen LogP contribution in [0.15, 0.2) is 36.5 Å². The minimum Gasteiger partial charge on any atom is -0.391 e. The molecule has 10 heteroatoms. The van der Waals surface area contributed by atoms with Crippen molar-refractivity contribution in [3.8, 4) is 0 Å². The van der Waals surface area contributed by atoms with Crippen LogP contribution in [0.5, 0.6) is 0 Å². The number of carbonyl (C=O) groups is 1. The third-order valence-electron chi connectivity index (χ3n) is 6.23. The van der Waals surface area contributed by atoms with E-state index in [-0.39, 0.29) is 18.3 Å². The zero-order valence-electron chi connectivity index (χ0n) is 18.9. The Morgan fingerprint density at radius 1 is 1.29 bits per heavy atom. The van der Waals surface area contributed by atoms with Crippen LogP contribution in [0.25, 0.3) is 10.9 Å². The van der Waals surface area contributed by atoms with Gasteiger partial charge in [0.15, 0.2) is 0 Å². The van der Waals surface area contributed by atoms with Crippen LogP contribution in [0.1, 0.15) is 59.6 Å². The summed E-state index contributed by atoms with van der Waals surface area (Å²) in [7, 11) is 0. The average molecular weight is 474 g/mol. The quantitative estimate of drug-likeness (QED) is 0.574. The number of benzene rings is 1. The molecule has 3 aromatic rings. The first-order chi connectivity index (χ1) is 16.0. The SMILES string of the molecule is C[C@@H]1OCc2c1c(N)nc1ccc(C(=O)N(Cc3ccc(C(F)(F)F)cn3)[C@H](C)[C@@H](C)O)cc21. The molecule has 3 N–H and O–H groups in total. The number of alkyl halides is 3. The maximum absolute atomic E-state index is 13.5. The highest BCUT2D eigenvalue weighted by Crippen LogP contribution is 2.38. The fourth-order valence-electron chi connectivity index (χ4n) is 4.09. The van der Waals surface area contributed by atoms with E-state index < -0.39 is 29.8 Å². The predicted molar refractivity (Wildman–Crippen MR) is 120 cm³/mol. The molecular formula is C24H25F3N4O3. The van der Waals surface area contributed by atoms with E-state index in [1.54, 1.807) is 32.0 Å². The number of fused-ring (bicyclic) bond motifs is 3. The number of aromatic nitrogens is 2. The Hall–Kier alpha value is -3.24. The summed E-state index contributed by atoms with van der Waals surface area (Å²) in [6.45, 7) is 5.38. The Morgan fingerprint density at radius 2 is 2.03 bits per heavy atom. The summed E-state index contributed by atoms with van der Waals surface area (Å²) in [5, 5.41) is 10.9. The molecule has 2 aromatic heterocycles. The molecule has 180 valence electrons. The van der Waals surface area contributed by atoms with Crippen LogP contribution in [0, 0.1) is 0 Å². The highest BCUT2D eigenvalue weighted by molar-refractivity contribution is 5.99. The number of pyridine rings is 2. The molecule has 1 aliphatic heterocycles. The van der Waals surface area contributed by atoms with E-state index in [1.807, 2.05) is 6.92 Å². The van der Waals surface area contributed by atoms with Gasteiger partial charge in [-0.05, 0) is 56.7 Å². The second-order valence-corrected chi connectivity index (χ2v) is 8.52. The van der Waals surface area contributed by atoms with Gasteiger partial charge in [-0.3, -0.25) is 9.78 Å². The second kappa shape index (κ2) is 8.84. The molecule has 34 heavy (non-hydrogen) atoms. The molecule has 0 saturated carbocycles. The molecule has 3 heterocycles. The van der Waals surface area contributed by atoms with Crippen molar-refractivity contribution in [2.24, 2.45) is 0 Å². The summed E-state index contributed by atoms with van der Waals surface area (Å²) >= 11 is 0. The Labute approximate surface area is 194 Å². The number of amides is 1. The fraction of sp³-hybridized carbons (Fsp3) is 0.375. The summed E-state index contributed by atoms with van der Waals surface area (Å²) in [6, 6.07) is 6.57. The van der Waals surface area contributed by atoms with Crippen LogP contribution in [0.3, 0.4) is 0 Å². The molecule has 0 saturated heterocycles. The van der Waals surface area contributed by atoms with Crippen molar-refractivity contribution in [3.63, 3.8) is 0 Å². The third kappa shape index (κ3) is 4.43. The van der Waals surface area contributed by atoms with E-state index in [4.69, 9.17) is 10.5 Å². The minimum absolute atomic E-state index is 0.0701. The van der Waals surface area contributed by atoms with Gasteiger partial charge in [0.25, 0.3) is 5.91 Å². The van der Waals surface area contributed by atoms with E-state index in [2.05, 4.69) is 9.97 Å². The van der Waals surface area contributed by atoms with Crippen LogP contribution < -0.4 is 5.73 Å². The number of nitrogen functional groups attached to an aromatic ring is 1. The first-order valence-corrected chi connectivity index (χ1v) is 10.8. The molecule has 1 aromatic carbocycles. The zero-order valence-corrected chi connectivity index (χ0v) is 18.9. The lowest BCUT2D eigenvalue weighted by molar-refractivity contribution is -0.137. The van der Waals surface area contributed by atoms with Gasteiger partial charge in [-0.15, -0.1) is 0 Å². The molecule has 1 amide bonds. The molecule has 0 radical (unpaired) electrons. The second-order valence-electron chi connectivity index (χ2n) is 8.52. The normalized spacial score (nSPS) is 17.4. The molecule has 0 spiro atoms. The van der Waals surface area contributed by atoms with Gasteiger partial charge in [0, 0.05) is 22.7 Å². The van der Waals surface area contributed by atoms with Crippen molar-refractivity contribution in [1.82, 2.24) is 14.9 Å². The molecule has 0 fully saturated rings. The highest BCUT2D eigenvalue weighted by atomic mass is 19.4. The number of aliphatic hydroxyl groups excluding tert-OH is 1. The summed E-state index contributed by atoms with van der Waals surface area (Å²) < 4.78 is 44.3. The number of halogens is 3. The number of aliphatic hydroxyl groups is 1. The topological polar surface area (TPSA) is 102 Å². The summed E-state index contributed by atoms with van der Waals surface area (Å²) in [5.74, 6) is -0.00107. The molecule has 7 nitrogen and oxygen atoms in total. The molecule has 1 aliphatic rings. The lowest BCUT2D eigenvalue weighted by atomic mass is 9.99. The van der Waals surface area contributed by atoms with Crippen molar-refractivity contribution >= 4 is 22.6 Å². The van der Waals surface area contributed by atoms with Crippen LogP contribution in [0.2, 0.25) is 0 Å². The maximum atomic E-state index is 13.5. The molecule has 3 atom stereocenters. The van der Waals surface area contributed by atoms with Crippen molar-refractivity contribution in [3.05, 3.63) is 64.5 Å². The number of anilines is 1. The van der Waals surface area contributed by atoms with Crippen LogP contribution in [-0.4, -0.2) is 38.0 Å². The van der Waals surface area contributed by atoms with Gasteiger partial charge >= 0.3 is 6.18 Å². The van der Waals surface area contributed by atoms with Gasteiger partial charge in [-0.1, -0.05) is 0 Å². The summed E-state index contributed by atoms with van der Waals surface area (Å²) in [4.78, 5) is 23.2. The van der Waals surface area contributed by atoms with E-state index >= 15 is 0 Å². The standard InChI is InChI=1S/C24H25F3N4O3/c1-12(13(2)32)31(10-17-6-5-16(9-29-17)24(25,26)27)23(33)15-4-7-20-18(8-15)19-11-34-14(3)21(19)22(28)30-20/h4-9,12-14,32H,10-11H2,1-3H3,(H2,28,30)/t12-,13-,14+/m1/s1. The van der Waals surface area contributed by atoms with Crippen LogP contribution in [-0.2, 0) is 24.1 Å². The van der Waals surface area contributed by atoms with Gasteiger partial charge in [-0.2, -0.15) is 13.2 Å². The largest absolute Gasteiger partial charge is 0.417 e. The van der Waals surface area contributed by atoms with E-state index in [1.165, 1.54) is 11.0 Å². The Morgan fingerprint density at radius 3 is 2.65 bits per heavy atom. The zero-order chi connectivity index (χ0) is 24.8. The van der Waals surface area contributed by atoms with Crippen molar-refractivity contribution in [2.75, 3.05) is 5.73 Å². The van der Waals surface area contributed by atoms with Crippen molar-refractivity contribution < 1.29 is 27.8 Å². The van der Waals surface area contributed by atoms with Crippen LogP contribution in [0.4, 0.5) is 19.0 Å². The average Bonchev–Trinajstić information content (AvgIpc) is 3.18. The Balaban J connectivity index is 1.70. The fourth-order valence-corrected chi connectivity index (χ4v) is 4.09.